The number of pyridine rings is 1. The number of hydrogen-bond acceptors (Lipinski definition) is 3. The van der Waals surface area contributed by atoms with E-state index in [4.69, 9.17) is 4.74 Å². The molecule has 3 rings (SSSR count). The first-order valence-corrected chi connectivity index (χ1v) is 7.06. The van der Waals surface area contributed by atoms with Crippen molar-refractivity contribution in [3.05, 3.63) is 30.2 Å². The minimum absolute atomic E-state index is 0.543. The van der Waals surface area contributed by atoms with Crippen molar-refractivity contribution in [2.45, 2.75) is 25.7 Å². The Morgan fingerprint density at radius 3 is 2.79 bits per heavy atom. The van der Waals surface area contributed by atoms with Crippen LogP contribution in [0.1, 0.15) is 31.5 Å². The van der Waals surface area contributed by atoms with Crippen molar-refractivity contribution >= 4 is 5.52 Å². The van der Waals surface area contributed by atoms with Gasteiger partial charge in [0.25, 0.3) is 0 Å². The van der Waals surface area contributed by atoms with Crippen LogP contribution in [-0.4, -0.2) is 41.0 Å². The lowest BCUT2D eigenvalue weighted by Gasteiger charge is -2.30. The van der Waals surface area contributed by atoms with Crippen molar-refractivity contribution in [3.63, 3.8) is 0 Å². The first kappa shape index (κ1) is 12.5. The van der Waals surface area contributed by atoms with Crippen molar-refractivity contribution in [3.8, 4) is 5.88 Å². The molecular weight excluding hydrogens is 238 g/mol. The predicted octanol–water partition coefficient (Wildman–Crippen LogP) is 2.54. The maximum atomic E-state index is 5.47. The summed E-state index contributed by atoms with van der Waals surface area (Å²) in [7, 11) is 1.72. The van der Waals surface area contributed by atoms with Crippen LogP contribution in [0.15, 0.2) is 24.4 Å². The molecule has 2 aromatic rings. The lowest BCUT2D eigenvalue weighted by atomic mass is 9.96. The molecule has 1 aliphatic heterocycles. The quantitative estimate of drug-likeness (QED) is 0.848. The Hall–Kier alpha value is -1.55. The smallest absolute Gasteiger partial charge is 0.199 e. The molecule has 0 N–H and O–H groups in total. The van der Waals surface area contributed by atoms with Gasteiger partial charge in [0.15, 0.2) is 5.88 Å². The molecule has 1 fully saturated rings. The fourth-order valence-electron chi connectivity index (χ4n) is 3.00. The average Bonchev–Trinajstić information content (AvgIpc) is 2.91. The van der Waals surface area contributed by atoms with Gasteiger partial charge in [-0.2, -0.15) is 0 Å². The molecule has 0 radical (unpaired) electrons. The number of likely N-dealkylation sites (tertiary alicyclic amines) is 1. The second-order valence-corrected chi connectivity index (χ2v) is 5.15. The van der Waals surface area contributed by atoms with Gasteiger partial charge in [-0.1, -0.05) is 13.0 Å². The van der Waals surface area contributed by atoms with Gasteiger partial charge in [0.2, 0.25) is 0 Å². The summed E-state index contributed by atoms with van der Waals surface area (Å²) >= 11 is 0. The zero-order chi connectivity index (χ0) is 13.2. The topological polar surface area (TPSA) is 29.8 Å². The molecule has 0 aliphatic carbocycles. The van der Waals surface area contributed by atoms with E-state index >= 15 is 0 Å². The second kappa shape index (κ2) is 5.21. The van der Waals surface area contributed by atoms with Crippen molar-refractivity contribution in [2.24, 2.45) is 0 Å². The van der Waals surface area contributed by atoms with Gasteiger partial charge in [-0.15, -0.1) is 0 Å². The molecule has 0 saturated carbocycles. The molecule has 0 spiro atoms. The van der Waals surface area contributed by atoms with E-state index in [0.717, 1.165) is 23.8 Å². The summed E-state index contributed by atoms with van der Waals surface area (Å²) < 4.78 is 7.63. The van der Waals surface area contributed by atoms with Crippen LogP contribution in [0.4, 0.5) is 0 Å². The van der Waals surface area contributed by atoms with Gasteiger partial charge < -0.3 is 9.64 Å². The van der Waals surface area contributed by atoms with E-state index < -0.39 is 0 Å². The number of aromatic nitrogens is 2. The zero-order valence-electron chi connectivity index (χ0n) is 11.7. The lowest BCUT2D eigenvalue weighted by Crippen LogP contribution is -2.33. The molecule has 4 nitrogen and oxygen atoms in total. The van der Waals surface area contributed by atoms with E-state index in [1.54, 1.807) is 7.11 Å². The van der Waals surface area contributed by atoms with Crippen LogP contribution < -0.4 is 4.74 Å². The minimum atomic E-state index is 0.543. The van der Waals surface area contributed by atoms with Gasteiger partial charge in [0.1, 0.15) is 5.82 Å². The highest BCUT2D eigenvalue weighted by Gasteiger charge is 2.23. The molecule has 0 unspecified atom stereocenters. The molecule has 4 heteroatoms. The number of hydrogen-bond donors (Lipinski definition) is 0. The Kier molecular flexibility index (Phi) is 3.42. The molecule has 0 bridgehead atoms. The van der Waals surface area contributed by atoms with E-state index in [-0.39, 0.29) is 0 Å². The van der Waals surface area contributed by atoms with Gasteiger partial charge in [0.05, 0.1) is 18.8 Å². The van der Waals surface area contributed by atoms with E-state index in [0.29, 0.717) is 5.92 Å². The van der Waals surface area contributed by atoms with Crippen LogP contribution in [0.3, 0.4) is 0 Å². The average molecular weight is 259 g/mol. The van der Waals surface area contributed by atoms with Gasteiger partial charge in [-0.25, -0.2) is 4.98 Å². The molecule has 19 heavy (non-hydrogen) atoms. The fraction of sp³-hybridized carbons (Fsp3) is 0.533. The maximum absolute atomic E-state index is 5.47. The summed E-state index contributed by atoms with van der Waals surface area (Å²) in [6.45, 7) is 5.73. The molecule has 1 aliphatic rings. The van der Waals surface area contributed by atoms with E-state index in [1.807, 2.05) is 18.3 Å². The van der Waals surface area contributed by atoms with Crippen molar-refractivity contribution < 1.29 is 4.74 Å². The summed E-state index contributed by atoms with van der Waals surface area (Å²) in [6.07, 6.45) is 4.32. The van der Waals surface area contributed by atoms with Gasteiger partial charge in [-0.3, -0.25) is 4.40 Å². The molecule has 0 atom stereocenters. The SMILES string of the molecule is CCN1CCC(c2ncc3cccc(OC)n23)CC1. The van der Waals surface area contributed by atoms with Crippen molar-refractivity contribution in [1.29, 1.82) is 0 Å². The third kappa shape index (κ3) is 2.21. The maximum Gasteiger partial charge on any atom is 0.199 e. The highest BCUT2D eigenvalue weighted by Crippen LogP contribution is 2.29. The number of rotatable bonds is 3. The zero-order valence-corrected chi connectivity index (χ0v) is 11.7. The van der Waals surface area contributed by atoms with Crippen LogP contribution in [0.2, 0.25) is 0 Å². The van der Waals surface area contributed by atoms with Crippen molar-refractivity contribution in [2.75, 3.05) is 26.7 Å². The Morgan fingerprint density at radius 1 is 1.32 bits per heavy atom. The number of ether oxygens (including phenoxy) is 1. The van der Waals surface area contributed by atoms with Crippen LogP contribution in [0.5, 0.6) is 5.88 Å². The first-order valence-electron chi connectivity index (χ1n) is 7.06. The van der Waals surface area contributed by atoms with Crippen LogP contribution in [-0.2, 0) is 0 Å². The highest BCUT2D eigenvalue weighted by molar-refractivity contribution is 5.49. The summed E-state index contributed by atoms with van der Waals surface area (Å²) in [5, 5.41) is 0. The highest BCUT2D eigenvalue weighted by atomic mass is 16.5. The lowest BCUT2D eigenvalue weighted by molar-refractivity contribution is 0.218. The van der Waals surface area contributed by atoms with Gasteiger partial charge >= 0.3 is 0 Å². The third-order valence-corrected chi connectivity index (χ3v) is 4.15. The third-order valence-electron chi connectivity index (χ3n) is 4.15. The second-order valence-electron chi connectivity index (χ2n) is 5.15. The molecule has 0 aromatic carbocycles. The Morgan fingerprint density at radius 2 is 2.11 bits per heavy atom. The van der Waals surface area contributed by atoms with E-state index in [9.17, 15) is 0 Å². The summed E-state index contributed by atoms with van der Waals surface area (Å²) in [6, 6.07) is 6.10. The summed E-state index contributed by atoms with van der Waals surface area (Å²) in [5.41, 5.74) is 1.12. The number of fused-ring (bicyclic) bond motifs is 1. The Balaban J connectivity index is 1.93. The summed E-state index contributed by atoms with van der Waals surface area (Å²) in [4.78, 5) is 7.15. The standard InChI is InChI=1S/C15H21N3O/c1-3-17-9-7-12(8-10-17)15-16-11-13-5-4-6-14(19-2)18(13)15/h4-6,11-12H,3,7-10H2,1-2H3. The first-order chi connectivity index (χ1) is 9.33. The number of methoxy groups -OCH3 is 1. The number of imidazole rings is 1. The monoisotopic (exact) mass is 259 g/mol. The minimum Gasteiger partial charge on any atom is -0.482 e. The molecule has 1 saturated heterocycles. The summed E-state index contributed by atoms with van der Waals surface area (Å²) in [5.74, 6) is 2.58. The largest absolute Gasteiger partial charge is 0.482 e. The number of piperidine rings is 1. The van der Waals surface area contributed by atoms with E-state index in [2.05, 4.69) is 27.3 Å². The molecule has 0 amide bonds. The molecule has 102 valence electrons. The van der Waals surface area contributed by atoms with E-state index in [1.165, 1.54) is 25.9 Å². The normalized spacial score (nSPS) is 18.0. The number of nitrogens with zero attached hydrogens (tertiary/aromatic N) is 3. The van der Waals surface area contributed by atoms with Crippen LogP contribution in [0, 0.1) is 0 Å². The molecular formula is C15H21N3O. The molecule has 2 aromatic heterocycles. The van der Waals surface area contributed by atoms with Gasteiger partial charge in [-0.05, 0) is 44.6 Å². The predicted molar refractivity (Wildman–Crippen MR) is 75.8 cm³/mol. The Bertz CT molecular complexity index is 556. The van der Waals surface area contributed by atoms with Gasteiger partial charge in [0, 0.05) is 5.92 Å². The molecule has 3 heterocycles. The van der Waals surface area contributed by atoms with Crippen molar-refractivity contribution in [1.82, 2.24) is 14.3 Å². The fourth-order valence-corrected chi connectivity index (χ4v) is 3.00. The van der Waals surface area contributed by atoms with Crippen LogP contribution in [0.25, 0.3) is 5.52 Å². The van der Waals surface area contributed by atoms with Crippen LogP contribution >= 0.6 is 0 Å². The Labute approximate surface area is 114 Å².